The first-order valence-electron chi connectivity index (χ1n) is 12.6. The van der Waals surface area contributed by atoms with E-state index in [0.29, 0.717) is 30.2 Å². The van der Waals surface area contributed by atoms with Gasteiger partial charge in [0.05, 0.1) is 22.6 Å². The van der Waals surface area contributed by atoms with Gasteiger partial charge >= 0.3 is 5.97 Å². The average molecular weight is 476 g/mol. The number of aliphatic imine (C=N–C) groups is 1. The number of carboxylic acids is 1. The Hall–Kier alpha value is -3.17. The predicted octanol–water partition coefficient (Wildman–Crippen LogP) is 2.60. The Morgan fingerprint density at radius 3 is 2.40 bits per heavy atom. The summed E-state index contributed by atoms with van der Waals surface area (Å²) in [6.45, 7) is 7.39. The Kier molecular flexibility index (Phi) is 5.93. The number of nitrogens with one attached hydrogen (secondary N) is 1. The molecule has 2 N–H and O–H groups in total. The van der Waals surface area contributed by atoms with E-state index in [-0.39, 0.29) is 17.9 Å². The maximum atomic E-state index is 12.1. The van der Waals surface area contributed by atoms with E-state index in [1.54, 1.807) is 12.3 Å². The summed E-state index contributed by atoms with van der Waals surface area (Å²) in [4.78, 5) is 26.3. The van der Waals surface area contributed by atoms with E-state index < -0.39 is 16.9 Å². The number of carboxylic acid groups (broad SMARTS) is 1. The third-order valence-electron chi connectivity index (χ3n) is 8.98. The fraction of sp³-hybridized carbons (Fsp3) is 0.654. The van der Waals surface area contributed by atoms with Crippen LogP contribution in [0.4, 0.5) is 5.82 Å². The zero-order chi connectivity index (χ0) is 24.8. The summed E-state index contributed by atoms with van der Waals surface area (Å²) in [6, 6.07) is 5.87. The van der Waals surface area contributed by atoms with Crippen molar-refractivity contribution in [2.75, 3.05) is 31.1 Å². The minimum absolute atomic E-state index is 0.0817. The van der Waals surface area contributed by atoms with Gasteiger partial charge in [0.15, 0.2) is 6.19 Å². The molecular formula is C26H33N7O2. The summed E-state index contributed by atoms with van der Waals surface area (Å²) in [6.07, 6.45) is 8.05. The SMILES string of the molecule is CC(C)(C(=NC1C2CC3CC1CC(C(=O)O)(C3)C2)NC#N)N1CCN(c2ccc(C#N)cn2)CC1. The molecule has 0 radical (unpaired) electrons. The van der Waals surface area contributed by atoms with Gasteiger partial charge in [-0.1, -0.05) is 0 Å². The predicted molar refractivity (Wildman–Crippen MR) is 130 cm³/mol. The fourth-order valence-corrected chi connectivity index (χ4v) is 7.30. The van der Waals surface area contributed by atoms with Crippen molar-refractivity contribution < 1.29 is 9.90 Å². The normalized spacial score (nSPS) is 32.7. The van der Waals surface area contributed by atoms with Gasteiger partial charge in [-0.3, -0.25) is 20.0 Å². The Bertz CT molecular complexity index is 1080. The number of amidine groups is 1. The van der Waals surface area contributed by atoms with Crippen LogP contribution in [0.2, 0.25) is 0 Å². The highest BCUT2D eigenvalue weighted by atomic mass is 16.4. The lowest BCUT2D eigenvalue weighted by Gasteiger charge is -2.57. The summed E-state index contributed by atoms with van der Waals surface area (Å²) >= 11 is 0. The summed E-state index contributed by atoms with van der Waals surface area (Å²) in [7, 11) is 0. The molecule has 2 unspecified atom stereocenters. The van der Waals surface area contributed by atoms with Gasteiger partial charge in [0.25, 0.3) is 0 Å². The number of nitriles is 2. The van der Waals surface area contributed by atoms with Gasteiger partial charge in [-0.05, 0) is 75.8 Å². The van der Waals surface area contributed by atoms with E-state index in [2.05, 4.69) is 46.2 Å². The highest BCUT2D eigenvalue weighted by molar-refractivity contribution is 5.92. The number of pyridine rings is 1. The van der Waals surface area contributed by atoms with Crippen LogP contribution < -0.4 is 10.2 Å². The topological polar surface area (TPSA) is 129 Å². The number of rotatable bonds is 5. The second-order valence-electron chi connectivity index (χ2n) is 11.3. The largest absolute Gasteiger partial charge is 0.481 e. The van der Waals surface area contributed by atoms with Crippen LogP contribution in [0.5, 0.6) is 0 Å². The maximum Gasteiger partial charge on any atom is 0.309 e. The minimum atomic E-state index is -0.635. The molecule has 0 aromatic carbocycles. The van der Waals surface area contributed by atoms with Crippen molar-refractivity contribution in [2.45, 2.75) is 57.5 Å². The van der Waals surface area contributed by atoms with E-state index >= 15 is 0 Å². The van der Waals surface area contributed by atoms with Crippen molar-refractivity contribution in [2.24, 2.45) is 28.2 Å². The Morgan fingerprint density at radius 1 is 1.17 bits per heavy atom. The number of nitrogens with zero attached hydrogens (tertiary/aromatic N) is 6. The maximum absolute atomic E-state index is 12.1. The fourth-order valence-electron chi connectivity index (χ4n) is 7.30. The molecule has 4 bridgehead atoms. The molecular weight excluding hydrogens is 442 g/mol. The van der Waals surface area contributed by atoms with Crippen molar-refractivity contribution in [1.29, 1.82) is 10.5 Å². The number of aromatic nitrogens is 1. The molecule has 4 aliphatic carbocycles. The van der Waals surface area contributed by atoms with Crippen molar-refractivity contribution in [3.8, 4) is 12.3 Å². The van der Waals surface area contributed by atoms with Gasteiger partial charge in [-0.15, -0.1) is 0 Å². The lowest BCUT2D eigenvalue weighted by Crippen LogP contribution is -2.61. The third kappa shape index (κ3) is 4.12. The average Bonchev–Trinajstić information content (AvgIpc) is 2.85. The van der Waals surface area contributed by atoms with Gasteiger partial charge in [0.2, 0.25) is 0 Å². The Balaban J connectivity index is 1.31. The van der Waals surface area contributed by atoms with Crippen LogP contribution in [0.15, 0.2) is 23.3 Å². The summed E-state index contributed by atoms with van der Waals surface area (Å²) in [5.74, 6) is 1.98. The monoisotopic (exact) mass is 475 g/mol. The molecule has 2 heterocycles. The summed E-state index contributed by atoms with van der Waals surface area (Å²) < 4.78 is 0. The summed E-state index contributed by atoms with van der Waals surface area (Å²) in [5.41, 5.74) is -0.466. The molecule has 9 heteroatoms. The van der Waals surface area contributed by atoms with Crippen LogP contribution in [0, 0.1) is 46.0 Å². The number of aliphatic carboxylic acids is 1. The van der Waals surface area contributed by atoms with Crippen LogP contribution in [-0.2, 0) is 4.79 Å². The van der Waals surface area contributed by atoms with Gasteiger partial charge in [0, 0.05) is 32.4 Å². The lowest BCUT2D eigenvalue weighted by molar-refractivity contribution is -0.166. The van der Waals surface area contributed by atoms with Crippen molar-refractivity contribution >= 4 is 17.6 Å². The number of hydrogen-bond acceptors (Lipinski definition) is 7. The minimum Gasteiger partial charge on any atom is -0.481 e. The first-order valence-corrected chi connectivity index (χ1v) is 12.6. The second kappa shape index (κ2) is 8.80. The molecule has 0 spiro atoms. The lowest BCUT2D eigenvalue weighted by atomic mass is 9.48. The van der Waals surface area contributed by atoms with E-state index in [1.807, 2.05) is 6.07 Å². The van der Waals surface area contributed by atoms with Crippen LogP contribution >= 0.6 is 0 Å². The number of piperazine rings is 1. The zero-order valence-electron chi connectivity index (χ0n) is 20.4. The third-order valence-corrected chi connectivity index (χ3v) is 8.98. The number of anilines is 1. The van der Waals surface area contributed by atoms with E-state index in [4.69, 9.17) is 10.3 Å². The van der Waals surface area contributed by atoms with Gasteiger partial charge in [-0.25, -0.2) is 4.98 Å². The van der Waals surface area contributed by atoms with Crippen molar-refractivity contribution in [1.82, 2.24) is 15.2 Å². The quantitative estimate of drug-likeness (QED) is 0.288. The number of hydrogen-bond donors (Lipinski definition) is 2. The molecule has 2 atom stereocenters. The van der Waals surface area contributed by atoms with Crippen LogP contribution in [0.1, 0.15) is 51.5 Å². The highest BCUT2D eigenvalue weighted by Gasteiger charge is 2.59. The smallest absolute Gasteiger partial charge is 0.309 e. The molecule has 5 fully saturated rings. The van der Waals surface area contributed by atoms with Crippen LogP contribution in [-0.4, -0.2) is 64.6 Å². The molecule has 6 rings (SSSR count). The molecule has 35 heavy (non-hydrogen) atoms. The molecule has 5 aliphatic rings. The first kappa shape index (κ1) is 23.6. The van der Waals surface area contributed by atoms with Crippen molar-refractivity contribution in [3.63, 3.8) is 0 Å². The molecule has 4 saturated carbocycles. The first-order chi connectivity index (χ1) is 16.8. The molecule has 0 amide bonds. The van der Waals surface area contributed by atoms with E-state index in [0.717, 1.165) is 51.3 Å². The molecule has 1 saturated heterocycles. The molecule has 184 valence electrons. The van der Waals surface area contributed by atoms with Gasteiger partial charge < -0.3 is 10.0 Å². The molecule has 1 aliphatic heterocycles. The number of carbonyl (C=O) groups is 1. The van der Waals surface area contributed by atoms with Gasteiger partial charge in [-0.2, -0.15) is 10.5 Å². The van der Waals surface area contributed by atoms with Crippen LogP contribution in [0.3, 0.4) is 0 Å². The Morgan fingerprint density at radius 2 is 1.86 bits per heavy atom. The highest BCUT2D eigenvalue weighted by Crippen LogP contribution is 2.61. The van der Waals surface area contributed by atoms with E-state index in [1.165, 1.54) is 0 Å². The second-order valence-corrected chi connectivity index (χ2v) is 11.3. The Labute approximate surface area is 206 Å². The van der Waals surface area contributed by atoms with Crippen molar-refractivity contribution in [3.05, 3.63) is 23.9 Å². The summed E-state index contributed by atoms with van der Waals surface area (Å²) in [5, 5.41) is 31.4. The standard InChI is InChI=1S/C26H33N7O2/c1-25(2,33-7-5-32(6-8-33)21-4-3-17(14-27)15-29-21)23(30-16-28)31-22-19-9-18-10-20(22)13-26(11-18,12-19)24(34)35/h3-4,15,18-20,22H,5-13H2,1-2H3,(H,30,31)(H,34,35). The zero-order valence-corrected chi connectivity index (χ0v) is 20.4. The van der Waals surface area contributed by atoms with E-state index in [9.17, 15) is 15.2 Å². The van der Waals surface area contributed by atoms with Gasteiger partial charge in [0.1, 0.15) is 17.7 Å². The molecule has 1 aromatic rings. The molecule has 9 nitrogen and oxygen atoms in total. The molecule has 1 aromatic heterocycles. The van der Waals surface area contributed by atoms with Crippen LogP contribution in [0.25, 0.3) is 0 Å².